The number of carbonyl (C=O) groups excluding carboxylic acids is 1. The summed E-state index contributed by atoms with van der Waals surface area (Å²) >= 11 is 1.60. The topological polar surface area (TPSA) is 88.2 Å². The first kappa shape index (κ1) is 20.0. The Hall–Kier alpha value is -2.71. The number of anilines is 2. The Labute approximate surface area is 168 Å². The maximum atomic E-state index is 12.4. The zero-order valence-electron chi connectivity index (χ0n) is 15.8. The highest BCUT2D eigenvalue weighted by Crippen LogP contribution is 2.23. The van der Waals surface area contributed by atoms with Crippen molar-refractivity contribution in [2.24, 2.45) is 0 Å². The van der Waals surface area contributed by atoms with Gasteiger partial charge in [-0.05, 0) is 37.1 Å². The average molecular weight is 416 g/mol. The van der Waals surface area contributed by atoms with Crippen molar-refractivity contribution in [2.75, 3.05) is 16.3 Å². The summed E-state index contributed by atoms with van der Waals surface area (Å²) < 4.78 is 25.4. The molecule has 6 nitrogen and oxygen atoms in total. The van der Waals surface area contributed by atoms with Gasteiger partial charge in [0.1, 0.15) is 0 Å². The molecule has 3 rings (SSSR count). The van der Waals surface area contributed by atoms with Crippen LogP contribution in [0.15, 0.2) is 47.8 Å². The molecule has 1 amide bonds. The highest BCUT2D eigenvalue weighted by molar-refractivity contribution is 7.92. The van der Waals surface area contributed by atoms with Crippen LogP contribution in [0.25, 0.3) is 11.3 Å². The molecule has 146 valence electrons. The van der Waals surface area contributed by atoms with Crippen molar-refractivity contribution in [2.45, 2.75) is 20.3 Å². The number of hydrogen-bond donors (Lipinski definition) is 2. The molecule has 0 aliphatic heterocycles. The molecule has 0 bridgehead atoms. The van der Waals surface area contributed by atoms with Crippen LogP contribution in [0, 0.1) is 13.8 Å². The van der Waals surface area contributed by atoms with Crippen LogP contribution in [0.1, 0.15) is 16.1 Å². The summed E-state index contributed by atoms with van der Waals surface area (Å²) in [6, 6.07) is 12.9. The number of hydrogen-bond acceptors (Lipinski definition) is 5. The van der Waals surface area contributed by atoms with E-state index in [2.05, 4.69) is 15.0 Å². The molecule has 1 heterocycles. The number of thiazole rings is 1. The summed E-state index contributed by atoms with van der Waals surface area (Å²) in [5, 5.41) is 5.83. The fourth-order valence-electron chi connectivity index (χ4n) is 2.69. The van der Waals surface area contributed by atoms with Gasteiger partial charge in [-0.3, -0.25) is 9.52 Å². The second-order valence-electron chi connectivity index (χ2n) is 6.58. The number of nitrogens with zero attached hydrogens (tertiary/aromatic N) is 1. The first-order valence-electron chi connectivity index (χ1n) is 8.59. The molecule has 8 heteroatoms. The van der Waals surface area contributed by atoms with Crippen LogP contribution in [-0.4, -0.2) is 25.6 Å². The van der Waals surface area contributed by atoms with Crippen molar-refractivity contribution in [1.82, 2.24) is 4.98 Å². The molecule has 2 aromatic carbocycles. The van der Waals surface area contributed by atoms with E-state index in [1.807, 2.05) is 36.6 Å². The molecule has 0 fully saturated rings. The lowest BCUT2D eigenvalue weighted by molar-refractivity contribution is -0.115. The van der Waals surface area contributed by atoms with E-state index < -0.39 is 10.0 Å². The van der Waals surface area contributed by atoms with Gasteiger partial charge >= 0.3 is 0 Å². The fourth-order valence-corrected chi connectivity index (χ4v) is 3.93. The summed E-state index contributed by atoms with van der Waals surface area (Å²) in [5.41, 5.74) is 4.60. The van der Waals surface area contributed by atoms with Crippen LogP contribution in [0.5, 0.6) is 0 Å². The number of nitrogens with one attached hydrogen (secondary N) is 2. The highest BCUT2D eigenvalue weighted by Gasteiger charge is 2.09. The summed E-state index contributed by atoms with van der Waals surface area (Å²) in [7, 11) is -3.39. The quantitative estimate of drug-likeness (QED) is 0.637. The van der Waals surface area contributed by atoms with Crippen molar-refractivity contribution in [1.29, 1.82) is 0 Å². The Morgan fingerprint density at radius 3 is 2.43 bits per heavy atom. The molecule has 28 heavy (non-hydrogen) atoms. The van der Waals surface area contributed by atoms with E-state index in [9.17, 15) is 13.2 Å². The van der Waals surface area contributed by atoms with Gasteiger partial charge in [0.15, 0.2) is 0 Å². The first-order valence-corrected chi connectivity index (χ1v) is 11.4. The van der Waals surface area contributed by atoms with Crippen molar-refractivity contribution < 1.29 is 13.2 Å². The van der Waals surface area contributed by atoms with Crippen LogP contribution < -0.4 is 10.0 Å². The zero-order valence-corrected chi connectivity index (χ0v) is 17.4. The minimum absolute atomic E-state index is 0.175. The third-order valence-electron chi connectivity index (χ3n) is 4.05. The highest BCUT2D eigenvalue weighted by atomic mass is 32.2. The van der Waals surface area contributed by atoms with E-state index in [0.29, 0.717) is 11.4 Å². The lowest BCUT2D eigenvalue weighted by atomic mass is 10.1. The monoisotopic (exact) mass is 415 g/mol. The number of carbonyl (C=O) groups is 1. The number of aromatic nitrogens is 1. The number of amides is 1. The summed E-state index contributed by atoms with van der Waals surface area (Å²) in [5.74, 6) is -0.175. The predicted octanol–water partition coefficient (Wildman–Crippen LogP) is 3.98. The largest absolute Gasteiger partial charge is 0.326 e. The number of rotatable bonds is 6. The molecule has 2 N–H and O–H groups in total. The number of benzene rings is 2. The summed E-state index contributed by atoms with van der Waals surface area (Å²) in [6.07, 6.45) is 1.31. The lowest BCUT2D eigenvalue weighted by Gasteiger charge is -2.11. The predicted molar refractivity (Wildman–Crippen MR) is 114 cm³/mol. The molecule has 0 saturated carbocycles. The van der Waals surface area contributed by atoms with Crippen LogP contribution in [-0.2, 0) is 21.2 Å². The van der Waals surface area contributed by atoms with Gasteiger partial charge in [-0.1, -0.05) is 30.3 Å². The van der Waals surface area contributed by atoms with E-state index >= 15 is 0 Å². The second-order valence-corrected chi connectivity index (χ2v) is 9.39. The minimum atomic E-state index is -3.39. The Bertz CT molecular complexity index is 1100. The van der Waals surface area contributed by atoms with Crippen LogP contribution in [0.4, 0.5) is 11.4 Å². The Morgan fingerprint density at radius 1 is 1.11 bits per heavy atom. The van der Waals surface area contributed by atoms with Gasteiger partial charge in [-0.15, -0.1) is 11.3 Å². The van der Waals surface area contributed by atoms with Crippen molar-refractivity contribution >= 4 is 38.6 Å². The van der Waals surface area contributed by atoms with Crippen molar-refractivity contribution in [3.05, 3.63) is 64.0 Å². The summed E-state index contributed by atoms with van der Waals surface area (Å²) in [6.45, 7) is 3.76. The van der Waals surface area contributed by atoms with E-state index in [4.69, 9.17) is 0 Å². The minimum Gasteiger partial charge on any atom is -0.326 e. The van der Waals surface area contributed by atoms with Gasteiger partial charge < -0.3 is 5.32 Å². The molecule has 0 spiro atoms. The Morgan fingerprint density at radius 2 is 1.82 bits per heavy atom. The van der Waals surface area contributed by atoms with Gasteiger partial charge in [0.25, 0.3) is 0 Å². The Balaban J connectivity index is 1.66. The van der Waals surface area contributed by atoms with Gasteiger partial charge in [-0.2, -0.15) is 0 Å². The SMILES string of the molecule is Cc1nc(-c2ccc(CC(=O)Nc3ccc(C)c(NS(C)(=O)=O)c3)cc2)cs1. The third kappa shape index (κ3) is 5.40. The van der Waals surface area contributed by atoms with E-state index in [1.54, 1.807) is 36.5 Å². The van der Waals surface area contributed by atoms with Crippen LogP contribution in [0.3, 0.4) is 0 Å². The summed E-state index contributed by atoms with van der Waals surface area (Å²) in [4.78, 5) is 16.8. The molecule has 0 aliphatic rings. The molecule has 0 aliphatic carbocycles. The molecule has 0 saturated heterocycles. The standard InChI is InChI=1S/C20H21N3O3S2/c1-13-4-9-17(11-18(13)23-28(3,25)26)22-20(24)10-15-5-7-16(8-6-15)19-12-27-14(2)21-19/h4-9,11-12,23H,10H2,1-3H3,(H,22,24). The normalized spacial score (nSPS) is 11.2. The first-order chi connectivity index (χ1) is 13.2. The van der Waals surface area contributed by atoms with E-state index in [-0.39, 0.29) is 12.3 Å². The van der Waals surface area contributed by atoms with E-state index in [1.165, 1.54) is 0 Å². The zero-order chi connectivity index (χ0) is 20.3. The second kappa shape index (κ2) is 8.12. The van der Waals surface area contributed by atoms with Crippen molar-refractivity contribution in [3.63, 3.8) is 0 Å². The number of aryl methyl sites for hydroxylation is 2. The van der Waals surface area contributed by atoms with Gasteiger partial charge in [0.2, 0.25) is 15.9 Å². The van der Waals surface area contributed by atoms with Crippen LogP contribution in [0.2, 0.25) is 0 Å². The molecule has 1 aromatic heterocycles. The number of sulfonamides is 1. The molecule has 0 atom stereocenters. The smallest absolute Gasteiger partial charge is 0.229 e. The average Bonchev–Trinajstić information content (AvgIpc) is 3.04. The lowest BCUT2D eigenvalue weighted by Crippen LogP contribution is -2.15. The van der Waals surface area contributed by atoms with Crippen molar-refractivity contribution in [3.8, 4) is 11.3 Å². The Kier molecular flexibility index (Phi) is 5.81. The van der Waals surface area contributed by atoms with E-state index in [0.717, 1.165) is 33.6 Å². The van der Waals surface area contributed by atoms with Crippen LogP contribution >= 0.6 is 11.3 Å². The van der Waals surface area contributed by atoms with Gasteiger partial charge in [0.05, 0.1) is 29.1 Å². The van der Waals surface area contributed by atoms with Gasteiger partial charge in [0, 0.05) is 16.6 Å². The molecule has 0 radical (unpaired) electrons. The third-order valence-corrected chi connectivity index (χ3v) is 5.41. The molecule has 0 unspecified atom stereocenters. The molecular weight excluding hydrogens is 394 g/mol. The fraction of sp³-hybridized carbons (Fsp3) is 0.200. The van der Waals surface area contributed by atoms with Gasteiger partial charge in [-0.25, -0.2) is 13.4 Å². The maximum Gasteiger partial charge on any atom is 0.229 e. The molecular formula is C20H21N3O3S2. The molecule has 3 aromatic rings. The maximum absolute atomic E-state index is 12.4.